The zero-order valence-electron chi connectivity index (χ0n) is 11.8. The molecule has 3 nitrogen and oxygen atoms in total. The van der Waals surface area contributed by atoms with E-state index in [4.69, 9.17) is 0 Å². The van der Waals surface area contributed by atoms with Gasteiger partial charge in [0, 0.05) is 12.3 Å². The van der Waals surface area contributed by atoms with Crippen LogP contribution in [0.1, 0.15) is 52.9 Å². The average Bonchev–Trinajstić information content (AvgIpc) is 2.12. The molecule has 0 aromatic rings. The lowest BCUT2D eigenvalue weighted by atomic mass is 10.0. The summed E-state index contributed by atoms with van der Waals surface area (Å²) < 4.78 is 22.1. The van der Waals surface area contributed by atoms with E-state index in [9.17, 15) is 8.42 Å². The second-order valence-corrected chi connectivity index (χ2v) is 7.73. The molecule has 0 fully saturated rings. The van der Waals surface area contributed by atoms with Crippen molar-refractivity contribution in [2.75, 3.05) is 18.6 Å². The number of unbranched alkanes of at least 4 members (excludes halogenated alkanes) is 3. The molecule has 0 amide bonds. The van der Waals surface area contributed by atoms with Crippen molar-refractivity contribution in [2.24, 2.45) is 5.92 Å². The van der Waals surface area contributed by atoms with Crippen LogP contribution in [-0.2, 0) is 9.84 Å². The number of rotatable bonds is 10. The highest BCUT2D eigenvalue weighted by atomic mass is 32.2. The van der Waals surface area contributed by atoms with Crippen LogP contribution in [0.25, 0.3) is 0 Å². The van der Waals surface area contributed by atoms with Gasteiger partial charge in [-0.25, -0.2) is 8.42 Å². The topological polar surface area (TPSA) is 46.2 Å². The summed E-state index contributed by atoms with van der Waals surface area (Å²) in [5, 5.41) is 3.26. The Labute approximate surface area is 107 Å². The first kappa shape index (κ1) is 16.9. The van der Waals surface area contributed by atoms with Gasteiger partial charge in [-0.1, -0.05) is 39.5 Å². The highest BCUT2D eigenvalue weighted by Gasteiger charge is 2.08. The van der Waals surface area contributed by atoms with Gasteiger partial charge in [0.05, 0.1) is 5.75 Å². The van der Waals surface area contributed by atoms with E-state index in [1.54, 1.807) is 0 Å². The van der Waals surface area contributed by atoms with Gasteiger partial charge in [0.15, 0.2) is 0 Å². The van der Waals surface area contributed by atoms with Crippen molar-refractivity contribution >= 4 is 9.84 Å². The van der Waals surface area contributed by atoms with Gasteiger partial charge < -0.3 is 5.32 Å². The molecule has 0 saturated carbocycles. The third-order valence-electron chi connectivity index (χ3n) is 2.75. The standard InChI is InChI=1S/C13H29NO2S/c1-12(2)9-7-5-6-8-10-14-13(3)11-17(4,15)16/h12-14H,5-11H2,1-4H3. The molecule has 0 spiro atoms. The first-order chi connectivity index (χ1) is 7.81. The van der Waals surface area contributed by atoms with Gasteiger partial charge in [-0.3, -0.25) is 0 Å². The van der Waals surface area contributed by atoms with E-state index in [2.05, 4.69) is 19.2 Å². The van der Waals surface area contributed by atoms with Crippen LogP contribution in [-0.4, -0.2) is 33.0 Å². The maximum absolute atomic E-state index is 11.0. The molecule has 0 aliphatic heterocycles. The third kappa shape index (κ3) is 13.8. The fourth-order valence-corrected chi connectivity index (χ4v) is 2.92. The summed E-state index contributed by atoms with van der Waals surface area (Å²) in [5.41, 5.74) is 0. The zero-order valence-corrected chi connectivity index (χ0v) is 12.6. The lowest BCUT2D eigenvalue weighted by Gasteiger charge is -2.12. The van der Waals surface area contributed by atoms with Gasteiger partial charge in [-0.2, -0.15) is 0 Å². The molecular weight excluding hydrogens is 234 g/mol. The summed E-state index contributed by atoms with van der Waals surface area (Å²) in [7, 11) is -2.85. The Morgan fingerprint density at radius 3 is 2.12 bits per heavy atom. The molecule has 104 valence electrons. The van der Waals surface area contributed by atoms with E-state index in [0.717, 1.165) is 18.9 Å². The Bertz CT molecular complexity index is 273. The van der Waals surface area contributed by atoms with Crippen molar-refractivity contribution in [3.8, 4) is 0 Å². The largest absolute Gasteiger partial charge is 0.313 e. The Balaban J connectivity index is 3.34. The van der Waals surface area contributed by atoms with Gasteiger partial charge in [0.1, 0.15) is 9.84 Å². The van der Waals surface area contributed by atoms with Crippen LogP contribution in [0.15, 0.2) is 0 Å². The smallest absolute Gasteiger partial charge is 0.148 e. The fraction of sp³-hybridized carbons (Fsp3) is 1.00. The Morgan fingerprint density at radius 2 is 1.59 bits per heavy atom. The highest BCUT2D eigenvalue weighted by molar-refractivity contribution is 7.90. The van der Waals surface area contributed by atoms with Gasteiger partial charge in [0.25, 0.3) is 0 Å². The molecule has 0 aromatic heterocycles. The first-order valence-corrected chi connectivity index (χ1v) is 8.78. The summed E-state index contributed by atoms with van der Waals surface area (Å²) in [6, 6.07) is 0.0701. The number of hydrogen-bond acceptors (Lipinski definition) is 3. The van der Waals surface area contributed by atoms with E-state index >= 15 is 0 Å². The minimum Gasteiger partial charge on any atom is -0.313 e. The second-order valence-electron chi connectivity index (χ2n) is 5.54. The van der Waals surface area contributed by atoms with Crippen molar-refractivity contribution in [2.45, 2.75) is 58.9 Å². The van der Waals surface area contributed by atoms with Crippen molar-refractivity contribution in [1.82, 2.24) is 5.32 Å². The summed E-state index contributed by atoms with van der Waals surface area (Å²) in [4.78, 5) is 0. The number of hydrogen-bond donors (Lipinski definition) is 1. The van der Waals surface area contributed by atoms with E-state index in [-0.39, 0.29) is 11.8 Å². The Morgan fingerprint density at radius 1 is 1.00 bits per heavy atom. The zero-order chi connectivity index (χ0) is 13.3. The first-order valence-electron chi connectivity index (χ1n) is 6.72. The van der Waals surface area contributed by atoms with Crippen LogP contribution >= 0.6 is 0 Å². The van der Waals surface area contributed by atoms with Gasteiger partial charge in [-0.15, -0.1) is 0 Å². The van der Waals surface area contributed by atoms with Gasteiger partial charge >= 0.3 is 0 Å². The van der Waals surface area contributed by atoms with Gasteiger partial charge in [0.2, 0.25) is 0 Å². The molecule has 0 aliphatic rings. The molecule has 1 unspecified atom stereocenters. The van der Waals surface area contributed by atoms with Crippen LogP contribution in [0.5, 0.6) is 0 Å². The van der Waals surface area contributed by atoms with Crippen LogP contribution < -0.4 is 5.32 Å². The minimum absolute atomic E-state index is 0.0701. The number of nitrogens with one attached hydrogen (secondary N) is 1. The summed E-state index contributed by atoms with van der Waals surface area (Å²) in [5.74, 6) is 1.04. The Hall–Kier alpha value is -0.0900. The SMILES string of the molecule is CC(C)CCCCCCNC(C)CS(C)(=O)=O. The van der Waals surface area contributed by atoms with Crippen LogP contribution in [0.2, 0.25) is 0 Å². The molecule has 1 N–H and O–H groups in total. The fourth-order valence-electron chi connectivity index (χ4n) is 1.89. The van der Waals surface area contributed by atoms with E-state index < -0.39 is 9.84 Å². The van der Waals surface area contributed by atoms with Crippen LogP contribution in [0.4, 0.5) is 0 Å². The summed E-state index contributed by atoms with van der Waals surface area (Å²) in [6.07, 6.45) is 7.60. The van der Waals surface area contributed by atoms with E-state index in [0.29, 0.717) is 0 Å². The molecule has 17 heavy (non-hydrogen) atoms. The van der Waals surface area contributed by atoms with Crippen LogP contribution in [0, 0.1) is 5.92 Å². The molecule has 0 rings (SSSR count). The molecule has 0 radical (unpaired) electrons. The van der Waals surface area contributed by atoms with E-state index in [1.807, 2.05) is 6.92 Å². The molecule has 0 bridgehead atoms. The average molecular weight is 263 g/mol. The lowest BCUT2D eigenvalue weighted by Crippen LogP contribution is -2.33. The molecule has 0 aromatic carbocycles. The maximum atomic E-state index is 11.0. The van der Waals surface area contributed by atoms with Crippen LogP contribution in [0.3, 0.4) is 0 Å². The predicted octanol–water partition coefficient (Wildman–Crippen LogP) is 2.62. The quantitative estimate of drug-likeness (QED) is 0.616. The second kappa shape index (κ2) is 8.92. The number of sulfone groups is 1. The molecule has 0 heterocycles. The van der Waals surface area contributed by atoms with Crippen molar-refractivity contribution in [3.63, 3.8) is 0 Å². The molecule has 0 saturated heterocycles. The molecule has 1 atom stereocenters. The van der Waals surface area contributed by atoms with E-state index in [1.165, 1.54) is 31.9 Å². The maximum Gasteiger partial charge on any atom is 0.148 e. The normalized spacial score (nSPS) is 14.2. The van der Waals surface area contributed by atoms with Crippen molar-refractivity contribution in [3.05, 3.63) is 0 Å². The Kier molecular flexibility index (Phi) is 8.88. The molecule has 0 aliphatic carbocycles. The highest BCUT2D eigenvalue weighted by Crippen LogP contribution is 2.09. The van der Waals surface area contributed by atoms with Crippen molar-refractivity contribution < 1.29 is 8.42 Å². The summed E-state index contributed by atoms with van der Waals surface area (Å²) >= 11 is 0. The third-order valence-corrected chi connectivity index (χ3v) is 3.86. The lowest BCUT2D eigenvalue weighted by molar-refractivity contribution is 0.500. The predicted molar refractivity (Wildman–Crippen MR) is 75.1 cm³/mol. The summed E-state index contributed by atoms with van der Waals surface area (Å²) in [6.45, 7) is 7.38. The monoisotopic (exact) mass is 263 g/mol. The minimum atomic E-state index is -2.85. The van der Waals surface area contributed by atoms with Crippen molar-refractivity contribution in [1.29, 1.82) is 0 Å². The molecular formula is C13H29NO2S. The van der Waals surface area contributed by atoms with Gasteiger partial charge in [-0.05, 0) is 25.8 Å². The molecule has 4 heteroatoms.